The maximum absolute atomic E-state index is 2.49. The molecule has 0 atom stereocenters. The van der Waals surface area contributed by atoms with Gasteiger partial charge in [0.25, 0.3) is 0 Å². The minimum absolute atomic E-state index is 0.990. The van der Waals surface area contributed by atoms with Crippen molar-refractivity contribution in [1.29, 1.82) is 0 Å². The fourth-order valence-corrected chi connectivity index (χ4v) is 3.61. The van der Waals surface area contributed by atoms with Crippen LogP contribution in [-0.4, -0.2) is 33.1 Å². The molecule has 13 heavy (non-hydrogen) atoms. The van der Waals surface area contributed by atoms with E-state index in [1.165, 1.54) is 12.5 Å². The van der Waals surface area contributed by atoms with Crippen LogP contribution in [0.4, 0.5) is 0 Å². The predicted octanol–water partition coefficient (Wildman–Crippen LogP) is 3.15. The second-order valence-corrected chi connectivity index (χ2v) is 9.31. The van der Waals surface area contributed by atoms with Crippen LogP contribution in [0.1, 0.15) is 20.3 Å². The zero-order valence-corrected chi connectivity index (χ0v) is 10.9. The normalized spacial score (nSPS) is 13.1. The Morgan fingerprint density at radius 2 is 1.85 bits per heavy atom. The highest BCUT2D eigenvalue weighted by atomic mass is 28.3. The molecule has 0 saturated heterocycles. The largest absolute Gasteiger partial charge is 0.303 e. The smallest absolute Gasteiger partial charge is 0.0713 e. The van der Waals surface area contributed by atoms with E-state index in [1.54, 1.807) is 0 Å². The van der Waals surface area contributed by atoms with Crippen molar-refractivity contribution >= 4 is 8.07 Å². The van der Waals surface area contributed by atoms with E-state index in [9.17, 15) is 0 Å². The lowest BCUT2D eigenvalue weighted by molar-refractivity contribution is 0.392. The third-order valence-corrected chi connectivity index (χ3v) is 5.35. The molecule has 0 aliphatic heterocycles. The summed E-state index contributed by atoms with van der Waals surface area (Å²) in [6.07, 6.45) is 3.68. The Balaban J connectivity index is 3.81. The van der Waals surface area contributed by atoms with Gasteiger partial charge in [0, 0.05) is 6.54 Å². The van der Waals surface area contributed by atoms with Crippen molar-refractivity contribution in [2.75, 3.05) is 20.1 Å². The van der Waals surface area contributed by atoms with Crippen LogP contribution < -0.4 is 0 Å². The molecule has 78 valence electrons. The molecule has 0 N–H and O–H groups in total. The molecule has 0 fully saturated rings. The van der Waals surface area contributed by atoms with Crippen molar-refractivity contribution in [3.05, 3.63) is 11.8 Å². The van der Waals surface area contributed by atoms with Gasteiger partial charge in [-0.2, -0.15) is 0 Å². The van der Waals surface area contributed by atoms with Crippen LogP contribution in [0, 0.1) is 0 Å². The van der Waals surface area contributed by atoms with E-state index in [0.717, 1.165) is 13.1 Å². The Labute approximate surface area is 84.8 Å². The summed E-state index contributed by atoms with van der Waals surface area (Å²) in [7, 11) is 1.18. The summed E-state index contributed by atoms with van der Waals surface area (Å²) in [5.74, 6) is 0. The molecule has 1 nitrogen and oxygen atoms in total. The minimum Gasteiger partial charge on any atom is -0.303 e. The molecule has 0 radical (unpaired) electrons. The third kappa shape index (κ3) is 7.02. The van der Waals surface area contributed by atoms with Gasteiger partial charge in [-0.15, -0.1) is 0 Å². The second kappa shape index (κ2) is 6.38. The highest BCUT2D eigenvalue weighted by Gasteiger charge is 2.14. The molecule has 0 aliphatic carbocycles. The van der Waals surface area contributed by atoms with Gasteiger partial charge in [-0.3, -0.25) is 0 Å². The maximum Gasteiger partial charge on any atom is 0.0713 e. The van der Waals surface area contributed by atoms with E-state index in [4.69, 9.17) is 0 Å². The lowest BCUT2D eigenvalue weighted by atomic mass is 10.5. The third-order valence-electron chi connectivity index (χ3n) is 2.42. The molecule has 0 saturated carbocycles. The summed E-state index contributed by atoms with van der Waals surface area (Å²) in [6.45, 7) is 11.6. The van der Waals surface area contributed by atoms with Crippen molar-refractivity contribution in [3.63, 3.8) is 0 Å². The van der Waals surface area contributed by atoms with E-state index in [2.05, 4.69) is 50.7 Å². The van der Waals surface area contributed by atoms with Crippen molar-refractivity contribution in [3.8, 4) is 0 Å². The average molecular weight is 199 g/mol. The Morgan fingerprint density at radius 3 is 2.31 bits per heavy atom. The minimum atomic E-state index is -0.990. The molecule has 2 heteroatoms. The summed E-state index contributed by atoms with van der Waals surface area (Å²) < 4.78 is 0. The maximum atomic E-state index is 2.49. The molecule has 0 spiro atoms. The SMILES string of the molecule is CCC[Si](C)(C)C=CCN(C)CC. The predicted molar refractivity (Wildman–Crippen MR) is 64.9 cm³/mol. The molecular weight excluding hydrogens is 174 g/mol. The van der Waals surface area contributed by atoms with Gasteiger partial charge < -0.3 is 4.90 Å². The molecule has 0 aromatic heterocycles. The quantitative estimate of drug-likeness (QED) is 0.594. The zero-order chi connectivity index (χ0) is 10.3. The number of rotatable bonds is 6. The van der Waals surface area contributed by atoms with Crippen LogP contribution in [0.3, 0.4) is 0 Å². The zero-order valence-electron chi connectivity index (χ0n) is 9.93. The standard InChI is InChI=1S/C11H25NSi/c1-6-10-13(4,5)11-8-9-12(3)7-2/h8,11H,6-7,9-10H2,1-5H3. The van der Waals surface area contributed by atoms with Crippen LogP contribution in [0.15, 0.2) is 11.8 Å². The first kappa shape index (κ1) is 12.9. The average Bonchev–Trinajstić information content (AvgIpc) is 2.03. The molecule has 0 bridgehead atoms. The topological polar surface area (TPSA) is 3.24 Å². The van der Waals surface area contributed by atoms with E-state index >= 15 is 0 Å². The van der Waals surface area contributed by atoms with E-state index in [1.807, 2.05) is 0 Å². The van der Waals surface area contributed by atoms with Gasteiger partial charge in [0.1, 0.15) is 0 Å². The van der Waals surface area contributed by atoms with Crippen LogP contribution in [0.2, 0.25) is 19.1 Å². The van der Waals surface area contributed by atoms with Crippen LogP contribution in [0.25, 0.3) is 0 Å². The summed E-state index contributed by atoms with van der Waals surface area (Å²) in [6, 6.07) is 1.42. The Bertz CT molecular complexity index is 152. The lowest BCUT2D eigenvalue weighted by Gasteiger charge is -2.17. The van der Waals surface area contributed by atoms with Gasteiger partial charge >= 0.3 is 0 Å². The fourth-order valence-electron chi connectivity index (χ4n) is 1.41. The highest BCUT2D eigenvalue weighted by molar-refractivity contribution is 6.82. The van der Waals surface area contributed by atoms with Gasteiger partial charge in [-0.1, -0.05) is 51.2 Å². The van der Waals surface area contributed by atoms with Crippen LogP contribution in [0.5, 0.6) is 0 Å². The molecule has 0 aliphatic rings. The first-order valence-corrected chi connectivity index (χ1v) is 8.66. The van der Waals surface area contributed by atoms with Gasteiger partial charge in [0.2, 0.25) is 0 Å². The van der Waals surface area contributed by atoms with Crippen molar-refractivity contribution in [2.24, 2.45) is 0 Å². The first-order chi connectivity index (χ1) is 6.02. The molecule has 0 rings (SSSR count). The Kier molecular flexibility index (Phi) is 6.34. The molecule has 0 heterocycles. The van der Waals surface area contributed by atoms with Gasteiger partial charge in [-0.05, 0) is 13.6 Å². The summed E-state index contributed by atoms with van der Waals surface area (Å²) in [5, 5.41) is 0. The summed E-state index contributed by atoms with van der Waals surface area (Å²) >= 11 is 0. The lowest BCUT2D eigenvalue weighted by Crippen LogP contribution is -2.23. The molecule has 0 aromatic carbocycles. The summed E-state index contributed by atoms with van der Waals surface area (Å²) in [4.78, 5) is 2.33. The Hall–Kier alpha value is -0.0831. The number of likely N-dealkylation sites (N-methyl/N-ethyl adjacent to an activating group) is 1. The number of hydrogen-bond acceptors (Lipinski definition) is 1. The van der Waals surface area contributed by atoms with Crippen molar-refractivity contribution in [2.45, 2.75) is 39.4 Å². The Morgan fingerprint density at radius 1 is 1.23 bits per heavy atom. The van der Waals surface area contributed by atoms with E-state index in [-0.39, 0.29) is 0 Å². The van der Waals surface area contributed by atoms with E-state index < -0.39 is 8.07 Å². The monoisotopic (exact) mass is 199 g/mol. The highest BCUT2D eigenvalue weighted by Crippen LogP contribution is 2.12. The molecule has 0 amide bonds. The van der Waals surface area contributed by atoms with Crippen LogP contribution >= 0.6 is 0 Å². The van der Waals surface area contributed by atoms with E-state index in [0.29, 0.717) is 0 Å². The molecule has 0 unspecified atom stereocenters. The molecular formula is C11H25NSi. The fraction of sp³-hybridized carbons (Fsp3) is 0.818. The first-order valence-electron chi connectivity index (χ1n) is 5.38. The van der Waals surface area contributed by atoms with Crippen molar-refractivity contribution < 1.29 is 0 Å². The van der Waals surface area contributed by atoms with Crippen LogP contribution in [-0.2, 0) is 0 Å². The van der Waals surface area contributed by atoms with Gasteiger partial charge in [-0.25, -0.2) is 0 Å². The number of hydrogen-bond donors (Lipinski definition) is 0. The second-order valence-electron chi connectivity index (χ2n) is 4.50. The van der Waals surface area contributed by atoms with Gasteiger partial charge in [0.15, 0.2) is 0 Å². The van der Waals surface area contributed by atoms with Crippen molar-refractivity contribution in [1.82, 2.24) is 4.90 Å². The van der Waals surface area contributed by atoms with Gasteiger partial charge in [0.05, 0.1) is 8.07 Å². The summed E-state index contributed by atoms with van der Waals surface area (Å²) in [5.41, 5.74) is 2.49. The molecule has 0 aromatic rings. The number of nitrogens with zero attached hydrogens (tertiary/aromatic N) is 1.